The lowest BCUT2D eigenvalue weighted by Gasteiger charge is -2.20. The lowest BCUT2D eigenvalue weighted by molar-refractivity contribution is -0.144. The molecule has 1 aliphatic carbocycles. The molecule has 27 heavy (non-hydrogen) atoms. The van der Waals surface area contributed by atoms with Crippen LogP contribution in [0.15, 0.2) is 34.9 Å². The number of carbonyl (C=O) groups is 3. The molecule has 1 N–H and O–H groups in total. The Hall–Kier alpha value is -2.15. The minimum Gasteiger partial charge on any atom is -0.353 e. The third kappa shape index (κ3) is 3.40. The average molecular weight is 432 g/mol. The van der Waals surface area contributed by atoms with Gasteiger partial charge < -0.3 is 9.88 Å². The Morgan fingerprint density at radius 1 is 1.19 bits per heavy atom. The van der Waals surface area contributed by atoms with Crippen molar-refractivity contribution in [3.63, 3.8) is 0 Å². The van der Waals surface area contributed by atoms with E-state index in [4.69, 9.17) is 0 Å². The summed E-state index contributed by atoms with van der Waals surface area (Å²) < 4.78 is 3.10. The number of fused-ring (bicyclic) bond motifs is 1. The van der Waals surface area contributed by atoms with E-state index in [9.17, 15) is 14.4 Å². The quantitative estimate of drug-likeness (QED) is 0.739. The van der Waals surface area contributed by atoms with Gasteiger partial charge in [0, 0.05) is 41.1 Å². The van der Waals surface area contributed by atoms with Crippen LogP contribution in [-0.4, -0.2) is 40.3 Å². The molecule has 3 amide bonds. The van der Waals surface area contributed by atoms with Crippen LogP contribution in [0.4, 0.5) is 0 Å². The number of nitrogens with one attached hydrogen (secondary N) is 1. The molecular weight excluding hydrogens is 410 g/mol. The van der Waals surface area contributed by atoms with Crippen molar-refractivity contribution in [2.24, 2.45) is 5.41 Å². The van der Waals surface area contributed by atoms with Crippen molar-refractivity contribution in [1.82, 2.24) is 14.8 Å². The van der Waals surface area contributed by atoms with Crippen molar-refractivity contribution in [1.29, 1.82) is 0 Å². The predicted molar refractivity (Wildman–Crippen MR) is 105 cm³/mol. The molecule has 7 heteroatoms. The second kappa shape index (κ2) is 7.11. The molecule has 6 nitrogen and oxygen atoms in total. The largest absolute Gasteiger partial charge is 0.353 e. The van der Waals surface area contributed by atoms with Gasteiger partial charge in [-0.15, -0.1) is 0 Å². The van der Waals surface area contributed by atoms with Gasteiger partial charge >= 0.3 is 0 Å². The molecule has 1 spiro atoms. The second-order valence-electron chi connectivity index (χ2n) is 7.51. The van der Waals surface area contributed by atoms with Crippen LogP contribution in [0, 0.1) is 5.41 Å². The monoisotopic (exact) mass is 431 g/mol. The normalized spacial score (nSPS) is 18.8. The first-order valence-corrected chi connectivity index (χ1v) is 10.1. The summed E-state index contributed by atoms with van der Waals surface area (Å²) in [4.78, 5) is 38.3. The number of rotatable bonds is 5. The van der Waals surface area contributed by atoms with Gasteiger partial charge in [0.2, 0.25) is 17.7 Å². The zero-order chi connectivity index (χ0) is 19.0. The summed E-state index contributed by atoms with van der Waals surface area (Å²) >= 11 is 3.46. The van der Waals surface area contributed by atoms with Gasteiger partial charge in [0.1, 0.15) is 6.54 Å². The third-order valence-corrected chi connectivity index (χ3v) is 6.25. The molecule has 2 aromatic rings. The molecule has 142 valence electrons. The van der Waals surface area contributed by atoms with E-state index in [1.54, 1.807) is 0 Å². The standard InChI is InChI=1S/C20H22BrN3O3/c21-15-3-4-16-14(11-15)5-9-23(16)10-8-22-17(25)13-24-18(26)12-20(19(24)27)6-1-2-7-20/h3-5,9,11H,1-2,6-8,10,12-13H2,(H,22,25). The number of hydrogen-bond acceptors (Lipinski definition) is 3. The van der Waals surface area contributed by atoms with Gasteiger partial charge in [-0.05, 0) is 37.1 Å². The minimum absolute atomic E-state index is 0.151. The number of hydrogen-bond donors (Lipinski definition) is 1. The molecule has 1 aromatic carbocycles. The Morgan fingerprint density at radius 2 is 1.96 bits per heavy atom. The van der Waals surface area contributed by atoms with Crippen molar-refractivity contribution in [3.05, 3.63) is 34.9 Å². The number of benzene rings is 1. The minimum atomic E-state index is -0.518. The van der Waals surface area contributed by atoms with Crippen LogP contribution in [0.3, 0.4) is 0 Å². The van der Waals surface area contributed by atoms with Crippen molar-refractivity contribution in [2.75, 3.05) is 13.1 Å². The topological polar surface area (TPSA) is 71.4 Å². The first kappa shape index (κ1) is 18.2. The molecule has 4 rings (SSSR count). The van der Waals surface area contributed by atoms with Gasteiger partial charge in [-0.2, -0.15) is 0 Å². The van der Waals surface area contributed by atoms with E-state index in [1.165, 1.54) is 0 Å². The Labute approximate surface area is 166 Å². The zero-order valence-corrected chi connectivity index (χ0v) is 16.6. The molecule has 2 aliphatic rings. The van der Waals surface area contributed by atoms with E-state index in [2.05, 4.69) is 25.8 Å². The van der Waals surface area contributed by atoms with Gasteiger partial charge in [-0.1, -0.05) is 28.8 Å². The molecule has 1 saturated heterocycles. The Kier molecular flexibility index (Phi) is 4.80. The maximum Gasteiger partial charge on any atom is 0.240 e. The number of imide groups is 1. The Bertz CT molecular complexity index is 914. The summed E-state index contributed by atoms with van der Waals surface area (Å²) in [6, 6.07) is 8.10. The summed E-state index contributed by atoms with van der Waals surface area (Å²) in [5.74, 6) is -0.646. The van der Waals surface area contributed by atoms with Crippen LogP contribution in [0.2, 0.25) is 0 Å². The number of aromatic nitrogens is 1. The molecule has 0 atom stereocenters. The summed E-state index contributed by atoms with van der Waals surface area (Å²) in [6.45, 7) is 0.904. The number of carbonyl (C=O) groups excluding carboxylic acids is 3. The summed E-state index contributed by atoms with van der Waals surface area (Å²) in [6.07, 6.45) is 5.77. The summed E-state index contributed by atoms with van der Waals surface area (Å²) in [7, 11) is 0. The number of likely N-dealkylation sites (tertiary alicyclic amines) is 1. The maximum atomic E-state index is 12.6. The average Bonchev–Trinajstić information content (AvgIpc) is 3.31. The molecule has 1 aromatic heterocycles. The summed E-state index contributed by atoms with van der Waals surface area (Å²) in [5.41, 5.74) is 0.580. The van der Waals surface area contributed by atoms with Crippen LogP contribution < -0.4 is 5.32 Å². The van der Waals surface area contributed by atoms with Crippen LogP contribution in [0.25, 0.3) is 10.9 Å². The number of amides is 3. The highest BCUT2D eigenvalue weighted by Crippen LogP contribution is 2.46. The highest BCUT2D eigenvalue weighted by atomic mass is 79.9. The van der Waals surface area contributed by atoms with Crippen molar-refractivity contribution < 1.29 is 14.4 Å². The van der Waals surface area contributed by atoms with Gasteiger partial charge in [-0.3, -0.25) is 19.3 Å². The van der Waals surface area contributed by atoms with Gasteiger partial charge in [0.15, 0.2) is 0 Å². The highest BCUT2D eigenvalue weighted by Gasteiger charge is 2.52. The Morgan fingerprint density at radius 3 is 2.74 bits per heavy atom. The van der Waals surface area contributed by atoms with Crippen molar-refractivity contribution in [2.45, 2.75) is 38.6 Å². The summed E-state index contributed by atoms with van der Waals surface area (Å²) in [5, 5.41) is 3.96. The van der Waals surface area contributed by atoms with E-state index >= 15 is 0 Å². The van der Waals surface area contributed by atoms with Gasteiger partial charge in [0.25, 0.3) is 0 Å². The second-order valence-corrected chi connectivity index (χ2v) is 8.43. The first-order valence-electron chi connectivity index (χ1n) is 9.34. The fraction of sp³-hybridized carbons (Fsp3) is 0.450. The van der Waals surface area contributed by atoms with E-state index in [-0.39, 0.29) is 30.7 Å². The molecule has 0 radical (unpaired) electrons. The van der Waals surface area contributed by atoms with E-state index in [1.807, 2.05) is 30.5 Å². The van der Waals surface area contributed by atoms with E-state index in [0.29, 0.717) is 13.1 Å². The smallest absolute Gasteiger partial charge is 0.240 e. The maximum absolute atomic E-state index is 12.6. The molecule has 0 bridgehead atoms. The van der Waals surface area contributed by atoms with Gasteiger partial charge in [-0.25, -0.2) is 0 Å². The molecule has 2 heterocycles. The van der Waals surface area contributed by atoms with E-state index in [0.717, 1.165) is 46.0 Å². The number of nitrogens with zero attached hydrogens (tertiary/aromatic N) is 2. The van der Waals surface area contributed by atoms with Crippen molar-refractivity contribution in [3.8, 4) is 0 Å². The predicted octanol–water partition coefficient (Wildman–Crippen LogP) is 2.84. The van der Waals surface area contributed by atoms with Crippen LogP contribution in [0.1, 0.15) is 32.1 Å². The Balaban J connectivity index is 1.32. The molecule has 1 saturated carbocycles. The van der Waals surface area contributed by atoms with E-state index < -0.39 is 5.41 Å². The van der Waals surface area contributed by atoms with Crippen LogP contribution in [-0.2, 0) is 20.9 Å². The SMILES string of the molecule is O=C(CN1C(=O)CC2(CCCC2)C1=O)NCCn1ccc2cc(Br)ccc21. The fourth-order valence-electron chi connectivity index (χ4n) is 4.34. The molecule has 0 unspecified atom stereocenters. The first-order chi connectivity index (χ1) is 13.0. The third-order valence-electron chi connectivity index (χ3n) is 5.76. The van der Waals surface area contributed by atoms with Crippen LogP contribution >= 0.6 is 15.9 Å². The van der Waals surface area contributed by atoms with Gasteiger partial charge in [0.05, 0.1) is 5.41 Å². The molecular formula is C20H22BrN3O3. The van der Waals surface area contributed by atoms with Crippen LogP contribution in [0.5, 0.6) is 0 Å². The zero-order valence-electron chi connectivity index (χ0n) is 15.0. The molecule has 1 aliphatic heterocycles. The lowest BCUT2D eigenvalue weighted by Crippen LogP contribution is -2.42. The van der Waals surface area contributed by atoms with Crippen molar-refractivity contribution >= 4 is 44.6 Å². The number of halogens is 1. The fourth-order valence-corrected chi connectivity index (χ4v) is 4.72. The lowest BCUT2D eigenvalue weighted by atomic mass is 9.84. The molecule has 2 fully saturated rings. The highest BCUT2D eigenvalue weighted by molar-refractivity contribution is 9.10.